The Kier molecular flexibility index (Phi) is 12.3. The minimum absolute atomic E-state index is 0.184. The number of benzene rings is 2. The molecule has 12 heteroatoms. The average molecular weight is 624 g/mol. The van der Waals surface area contributed by atoms with Crippen molar-refractivity contribution < 1.29 is 33.4 Å². The topological polar surface area (TPSA) is 173 Å². The van der Waals surface area contributed by atoms with Gasteiger partial charge in [-0.1, -0.05) is 39.0 Å². The first-order valence-corrected chi connectivity index (χ1v) is 15.1. The summed E-state index contributed by atoms with van der Waals surface area (Å²) in [7, 11) is 3.12. The van der Waals surface area contributed by atoms with E-state index < -0.39 is 41.1 Å². The lowest BCUT2D eigenvalue weighted by molar-refractivity contribution is -0.164. The molecule has 0 saturated carbocycles. The summed E-state index contributed by atoms with van der Waals surface area (Å²) in [6, 6.07) is 11.6. The number of nitrogens with one attached hydrogen (secondary N) is 3. The van der Waals surface area contributed by atoms with Gasteiger partial charge in [0.15, 0.2) is 17.5 Å². The number of piperidine rings is 1. The number of guanidine groups is 1. The fourth-order valence-corrected chi connectivity index (χ4v) is 5.04. The van der Waals surface area contributed by atoms with Crippen LogP contribution in [-0.2, 0) is 30.3 Å². The van der Waals surface area contributed by atoms with Crippen molar-refractivity contribution >= 4 is 35.2 Å². The number of nitrogens with two attached hydrogens (primary N) is 1. The summed E-state index contributed by atoms with van der Waals surface area (Å²) in [5.74, 6) is -1.32. The molecule has 0 aromatic heterocycles. The van der Waals surface area contributed by atoms with E-state index in [0.29, 0.717) is 61.4 Å². The van der Waals surface area contributed by atoms with Crippen molar-refractivity contribution in [1.82, 2.24) is 10.2 Å². The largest absolute Gasteiger partial charge is 0.493 e. The molecule has 2 atom stereocenters. The highest BCUT2D eigenvalue weighted by Gasteiger charge is 2.41. The van der Waals surface area contributed by atoms with Crippen LogP contribution in [0.2, 0.25) is 0 Å². The van der Waals surface area contributed by atoms with E-state index in [9.17, 15) is 19.2 Å². The van der Waals surface area contributed by atoms with Gasteiger partial charge >= 0.3 is 5.97 Å². The van der Waals surface area contributed by atoms with E-state index in [0.717, 1.165) is 12.0 Å². The van der Waals surface area contributed by atoms with Crippen molar-refractivity contribution in [2.24, 2.45) is 11.1 Å². The molecule has 244 valence electrons. The van der Waals surface area contributed by atoms with Crippen LogP contribution >= 0.6 is 0 Å². The molecule has 1 aliphatic rings. The normalized spacial score (nSPS) is 15.4. The van der Waals surface area contributed by atoms with Crippen molar-refractivity contribution in [2.45, 2.75) is 71.4 Å². The number of likely N-dealkylation sites (tertiary alicyclic amines) is 1. The van der Waals surface area contributed by atoms with E-state index in [-0.39, 0.29) is 12.5 Å². The Hall–Kier alpha value is -4.61. The van der Waals surface area contributed by atoms with E-state index in [1.54, 1.807) is 58.4 Å². The molecule has 45 heavy (non-hydrogen) atoms. The second-order valence-corrected chi connectivity index (χ2v) is 11.7. The fourth-order valence-electron chi connectivity index (χ4n) is 5.04. The predicted octanol–water partition coefficient (Wildman–Crippen LogP) is 3.73. The van der Waals surface area contributed by atoms with Crippen molar-refractivity contribution in [3.63, 3.8) is 0 Å². The molecule has 1 fully saturated rings. The van der Waals surface area contributed by atoms with Crippen molar-refractivity contribution in [3.8, 4) is 11.5 Å². The van der Waals surface area contributed by atoms with E-state index in [2.05, 4.69) is 10.6 Å². The number of amides is 2. The van der Waals surface area contributed by atoms with Gasteiger partial charge in [-0.25, -0.2) is 4.79 Å². The molecule has 2 aromatic carbocycles. The Balaban J connectivity index is 1.88. The minimum atomic E-state index is -0.882. The quantitative estimate of drug-likeness (QED) is 0.106. The van der Waals surface area contributed by atoms with Crippen LogP contribution in [0.25, 0.3) is 0 Å². The molecular formula is C33H45N5O7. The number of esters is 1. The Labute approximate surface area is 264 Å². The van der Waals surface area contributed by atoms with Gasteiger partial charge in [0, 0.05) is 17.6 Å². The third-order valence-electron chi connectivity index (χ3n) is 8.11. The molecule has 2 amide bonds. The zero-order valence-corrected chi connectivity index (χ0v) is 26.7. The zero-order valence-electron chi connectivity index (χ0n) is 26.7. The van der Waals surface area contributed by atoms with Crippen LogP contribution in [0.1, 0.15) is 70.1 Å². The number of aryl methyl sites for hydroxylation is 1. The number of carbonyl (C=O) groups is 4. The zero-order chi connectivity index (χ0) is 33.1. The maximum absolute atomic E-state index is 13.8. The van der Waals surface area contributed by atoms with Gasteiger partial charge in [0.05, 0.1) is 20.8 Å². The van der Waals surface area contributed by atoms with Crippen molar-refractivity contribution in [3.05, 3.63) is 53.6 Å². The van der Waals surface area contributed by atoms with Crippen molar-refractivity contribution in [2.75, 3.05) is 32.6 Å². The lowest BCUT2D eigenvalue weighted by Crippen LogP contribution is -2.53. The number of methoxy groups -OCH3 is 2. The van der Waals surface area contributed by atoms with Gasteiger partial charge in [-0.3, -0.25) is 19.8 Å². The van der Waals surface area contributed by atoms with Crippen molar-refractivity contribution in [1.29, 1.82) is 5.41 Å². The molecule has 3 rings (SSSR count). The van der Waals surface area contributed by atoms with Crippen LogP contribution in [0.15, 0.2) is 42.5 Å². The summed E-state index contributed by atoms with van der Waals surface area (Å²) in [6.45, 7) is 5.44. The molecule has 1 aliphatic heterocycles. The van der Waals surface area contributed by atoms with Crippen LogP contribution < -0.4 is 25.8 Å². The van der Waals surface area contributed by atoms with Gasteiger partial charge in [0.1, 0.15) is 12.1 Å². The summed E-state index contributed by atoms with van der Waals surface area (Å²) in [5.41, 5.74) is 6.48. The molecule has 0 radical (unpaired) electrons. The number of rotatable bonds is 14. The molecule has 1 heterocycles. The molecule has 0 unspecified atom stereocenters. The standard InChI is InChI=1S/C33H45N5O7/c1-6-33(2,3)29(40)30(41)38-17-8-7-12-24(38)31(42)45-25(15-13-21-14-16-26(43-4)27(18-21)44-5)22-10-9-11-23(19-22)37-28(39)20-36-32(34)35/h9-11,14,16,18-19,24-25H,6-8,12-13,15,17,20H2,1-5H3,(H,37,39)(H4,34,35,36)/t24-,25+/m0/s1. The van der Waals surface area contributed by atoms with Gasteiger partial charge < -0.3 is 35.5 Å². The van der Waals surface area contributed by atoms with Crippen LogP contribution in [0.4, 0.5) is 5.69 Å². The minimum Gasteiger partial charge on any atom is -0.493 e. The molecule has 1 saturated heterocycles. The number of Topliss-reactive ketones (excluding diaryl/α,β-unsaturated/α-hetero) is 1. The van der Waals surface area contributed by atoms with Crippen LogP contribution in [-0.4, -0.2) is 67.8 Å². The Morgan fingerprint density at radius 1 is 1.07 bits per heavy atom. The Morgan fingerprint density at radius 2 is 1.80 bits per heavy atom. The SMILES string of the molecule is CCC(C)(C)C(=O)C(=O)N1CCCC[C@H]1C(=O)O[C@H](CCc1ccc(OC)c(OC)c1)c1cccc(NC(=O)CNC(=N)N)c1. The highest BCUT2D eigenvalue weighted by Crippen LogP contribution is 2.32. The number of nitrogens with zero attached hydrogens (tertiary/aromatic N) is 1. The van der Waals surface area contributed by atoms with Gasteiger partial charge in [-0.15, -0.1) is 0 Å². The smallest absolute Gasteiger partial charge is 0.329 e. The van der Waals surface area contributed by atoms with E-state index in [4.69, 9.17) is 25.4 Å². The lowest BCUT2D eigenvalue weighted by atomic mass is 9.84. The summed E-state index contributed by atoms with van der Waals surface area (Å²) >= 11 is 0. The molecule has 12 nitrogen and oxygen atoms in total. The lowest BCUT2D eigenvalue weighted by Gasteiger charge is -2.36. The third-order valence-corrected chi connectivity index (χ3v) is 8.11. The molecule has 2 aromatic rings. The van der Waals surface area contributed by atoms with Crippen LogP contribution in [0.5, 0.6) is 11.5 Å². The Bertz CT molecular complexity index is 1390. The first-order chi connectivity index (χ1) is 21.4. The maximum Gasteiger partial charge on any atom is 0.329 e. The van der Waals surface area contributed by atoms with Crippen LogP contribution in [0, 0.1) is 10.8 Å². The number of ketones is 1. The molecular weight excluding hydrogens is 578 g/mol. The summed E-state index contributed by atoms with van der Waals surface area (Å²) in [4.78, 5) is 53.9. The summed E-state index contributed by atoms with van der Waals surface area (Å²) < 4.78 is 16.9. The number of anilines is 1. The highest BCUT2D eigenvalue weighted by molar-refractivity contribution is 6.38. The van der Waals surface area contributed by atoms with Crippen LogP contribution in [0.3, 0.4) is 0 Å². The predicted molar refractivity (Wildman–Crippen MR) is 170 cm³/mol. The summed E-state index contributed by atoms with van der Waals surface area (Å²) in [5, 5.41) is 12.5. The molecule has 0 spiro atoms. The van der Waals surface area contributed by atoms with Gasteiger partial charge in [0.2, 0.25) is 11.7 Å². The monoisotopic (exact) mass is 623 g/mol. The number of carbonyl (C=O) groups excluding carboxylic acids is 4. The Morgan fingerprint density at radius 3 is 2.47 bits per heavy atom. The van der Waals surface area contributed by atoms with Gasteiger partial charge in [-0.05, 0) is 73.9 Å². The van der Waals surface area contributed by atoms with Gasteiger partial charge in [-0.2, -0.15) is 0 Å². The van der Waals surface area contributed by atoms with E-state index >= 15 is 0 Å². The molecule has 0 aliphatic carbocycles. The maximum atomic E-state index is 13.8. The molecule has 5 N–H and O–H groups in total. The van der Waals surface area contributed by atoms with Gasteiger partial charge in [0.25, 0.3) is 5.91 Å². The van der Waals surface area contributed by atoms with E-state index in [1.165, 1.54) is 4.90 Å². The first kappa shape index (κ1) is 34.9. The number of hydrogen-bond donors (Lipinski definition) is 4. The number of ether oxygens (including phenoxy) is 3. The average Bonchev–Trinajstić information content (AvgIpc) is 3.04. The second-order valence-electron chi connectivity index (χ2n) is 11.7. The molecule has 0 bridgehead atoms. The highest BCUT2D eigenvalue weighted by atomic mass is 16.5. The third kappa shape index (κ3) is 9.44. The fraction of sp³-hybridized carbons (Fsp3) is 0.485. The first-order valence-electron chi connectivity index (χ1n) is 15.1. The number of hydrogen-bond acceptors (Lipinski definition) is 8. The van der Waals surface area contributed by atoms with E-state index in [1.807, 2.05) is 19.1 Å². The second kappa shape index (κ2) is 15.9. The summed E-state index contributed by atoms with van der Waals surface area (Å²) in [6.07, 6.45) is 2.46.